The SMILES string of the molecule is CCOc1cc([C@H]2C3=C(C[C@@H](c4ccc(O)c(OC)c4)CC3=O)Nc3onc(C)c32)ccc1OC. The number of carbonyl (C=O) groups is 1. The number of aromatic hydroxyl groups is 1. The number of Topliss-reactive ketones (excluding diaryl/α,β-unsaturated/α-hetero) is 1. The van der Waals surface area contributed by atoms with Crippen LogP contribution in [-0.4, -0.2) is 36.9 Å². The lowest BCUT2D eigenvalue weighted by molar-refractivity contribution is -0.116. The van der Waals surface area contributed by atoms with Crippen LogP contribution in [0.4, 0.5) is 5.88 Å². The number of rotatable bonds is 6. The highest BCUT2D eigenvalue weighted by molar-refractivity contribution is 6.01. The molecule has 0 spiro atoms. The molecule has 0 bridgehead atoms. The topological polar surface area (TPSA) is 103 Å². The molecule has 0 amide bonds. The van der Waals surface area contributed by atoms with Crippen LogP contribution in [0.5, 0.6) is 23.0 Å². The molecule has 0 fully saturated rings. The Bertz CT molecular complexity index is 1330. The van der Waals surface area contributed by atoms with Gasteiger partial charge < -0.3 is 29.2 Å². The lowest BCUT2D eigenvalue weighted by Crippen LogP contribution is -2.29. The summed E-state index contributed by atoms with van der Waals surface area (Å²) in [5.41, 5.74) is 4.97. The largest absolute Gasteiger partial charge is 0.504 e. The van der Waals surface area contributed by atoms with E-state index in [1.54, 1.807) is 19.2 Å². The summed E-state index contributed by atoms with van der Waals surface area (Å²) in [5.74, 6) is 1.93. The number of nitrogens with one attached hydrogen (secondary N) is 1. The third kappa shape index (κ3) is 3.88. The molecule has 8 heteroatoms. The first-order valence-electron chi connectivity index (χ1n) is 11.6. The summed E-state index contributed by atoms with van der Waals surface area (Å²) in [6.45, 7) is 4.30. The number of nitrogens with zero attached hydrogens (tertiary/aromatic N) is 1. The average Bonchev–Trinajstić information content (AvgIpc) is 3.23. The van der Waals surface area contributed by atoms with Crippen molar-refractivity contribution >= 4 is 11.7 Å². The number of allylic oxidation sites excluding steroid dienone is 2. The Labute approximate surface area is 203 Å². The number of aromatic nitrogens is 1. The third-order valence-electron chi connectivity index (χ3n) is 6.75. The molecule has 1 aliphatic carbocycles. The van der Waals surface area contributed by atoms with Crippen molar-refractivity contribution in [3.8, 4) is 23.0 Å². The van der Waals surface area contributed by atoms with E-state index in [9.17, 15) is 9.90 Å². The van der Waals surface area contributed by atoms with E-state index in [0.717, 1.165) is 33.7 Å². The molecule has 2 aliphatic rings. The van der Waals surface area contributed by atoms with Gasteiger partial charge in [-0.15, -0.1) is 0 Å². The lowest BCUT2D eigenvalue weighted by Gasteiger charge is -2.34. The first kappa shape index (κ1) is 22.8. The Hall–Kier alpha value is -3.94. The number of ether oxygens (including phenoxy) is 3. The van der Waals surface area contributed by atoms with Gasteiger partial charge in [0.25, 0.3) is 0 Å². The summed E-state index contributed by atoms with van der Waals surface area (Å²) in [7, 11) is 3.12. The molecule has 1 aromatic heterocycles. The molecule has 2 N–H and O–H groups in total. The van der Waals surface area contributed by atoms with Crippen molar-refractivity contribution in [2.75, 3.05) is 26.1 Å². The highest BCUT2D eigenvalue weighted by Crippen LogP contribution is 2.50. The molecular formula is C27H28N2O6. The molecule has 5 rings (SSSR count). The van der Waals surface area contributed by atoms with Crippen LogP contribution in [0.2, 0.25) is 0 Å². The number of fused-ring (bicyclic) bond motifs is 1. The normalized spacial score (nSPS) is 19.0. The van der Waals surface area contributed by atoms with Gasteiger partial charge >= 0.3 is 0 Å². The number of ketones is 1. The average molecular weight is 477 g/mol. The van der Waals surface area contributed by atoms with Crippen molar-refractivity contribution in [2.24, 2.45) is 0 Å². The quantitative estimate of drug-likeness (QED) is 0.509. The summed E-state index contributed by atoms with van der Waals surface area (Å²) in [4.78, 5) is 13.7. The van der Waals surface area contributed by atoms with Crippen LogP contribution in [0, 0.1) is 6.92 Å². The minimum Gasteiger partial charge on any atom is -0.504 e. The van der Waals surface area contributed by atoms with Crippen molar-refractivity contribution in [3.05, 3.63) is 70.1 Å². The fourth-order valence-electron chi connectivity index (χ4n) is 5.13. The van der Waals surface area contributed by atoms with Crippen LogP contribution in [0.25, 0.3) is 0 Å². The molecule has 35 heavy (non-hydrogen) atoms. The number of methoxy groups -OCH3 is 2. The number of phenols is 1. The second kappa shape index (κ2) is 9.02. The van der Waals surface area contributed by atoms with Gasteiger partial charge in [-0.05, 0) is 61.6 Å². The van der Waals surface area contributed by atoms with Crippen molar-refractivity contribution in [3.63, 3.8) is 0 Å². The number of aryl methyl sites for hydroxylation is 1. The first-order chi connectivity index (χ1) is 16.9. The molecule has 0 unspecified atom stereocenters. The van der Waals surface area contributed by atoms with Gasteiger partial charge in [-0.3, -0.25) is 4.79 Å². The standard InChI is InChI=1S/C27H28N2O6/c1-5-34-23-13-16(7-9-21(23)32-3)25-24-14(2)29-35-27(24)28-18-10-17(11-20(31)26(18)25)15-6-8-19(30)22(12-15)33-4/h6-9,12-13,17,25,28,30H,5,10-11H2,1-4H3/t17-,25-/m1/s1. The van der Waals surface area contributed by atoms with E-state index in [1.165, 1.54) is 7.11 Å². The van der Waals surface area contributed by atoms with E-state index in [-0.39, 0.29) is 23.4 Å². The molecule has 2 heterocycles. The number of anilines is 1. The predicted octanol–water partition coefficient (Wildman–Crippen LogP) is 5.06. The maximum Gasteiger partial charge on any atom is 0.233 e. The Kier molecular flexibility index (Phi) is 5.88. The zero-order chi connectivity index (χ0) is 24.7. The molecule has 0 radical (unpaired) electrons. The molecule has 8 nitrogen and oxygen atoms in total. The van der Waals surface area contributed by atoms with Crippen LogP contribution in [0.3, 0.4) is 0 Å². The van der Waals surface area contributed by atoms with Gasteiger partial charge in [-0.2, -0.15) is 0 Å². The maximum atomic E-state index is 13.7. The summed E-state index contributed by atoms with van der Waals surface area (Å²) < 4.78 is 22.2. The van der Waals surface area contributed by atoms with E-state index < -0.39 is 0 Å². The monoisotopic (exact) mass is 476 g/mol. The Balaban J connectivity index is 1.60. The van der Waals surface area contributed by atoms with E-state index in [4.69, 9.17) is 18.7 Å². The second-order valence-corrected chi connectivity index (χ2v) is 8.76. The van der Waals surface area contributed by atoms with Gasteiger partial charge in [0.1, 0.15) is 0 Å². The Morgan fingerprint density at radius 2 is 1.80 bits per heavy atom. The Morgan fingerprint density at radius 3 is 2.54 bits per heavy atom. The van der Waals surface area contributed by atoms with Gasteiger partial charge in [0.05, 0.1) is 32.1 Å². The number of hydrogen-bond acceptors (Lipinski definition) is 8. The van der Waals surface area contributed by atoms with Gasteiger partial charge in [0.15, 0.2) is 28.8 Å². The second-order valence-electron chi connectivity index (χ2n) is 8.76. The fraction of sp³-hybridized carbons (Fsp3) is 0.333. The summed E-state index contributed by atoms with van der Waals surface area (Å²) in [6, 6.07) is 11.0. The van der Waals surface area contributed by atoms with E-state index in [2.05, 4.69) is 10.5 Å². The van der Waals surface area contributed by atoms with Crippen molar-refractivity contribution in [1.29, 1.82) is 0 Å². The first-order valence-corrected chi connectivity index (χ1v) is 11.6. The molecule has 182 valence electrons. The predicted molar refractivity (Wildman–Crippen MR) is 130 cm³/mol. The van der Waals surface area contributed by atoms with Gasteiger partial charge in [0.2, 0.25) is 5.88 Å². The van der Waals surface area contributed by atoms with Gasteiger partial charge in [0, 0.05) is 23.6 Å². The smallest absolute Gasteiger partial charge is 0.233 e. The molecule has 1 aliphatic heterocycles. The number of hydrogen-bond donors (Lipinski definition) is 2. The highest BCUT2D eigenvalue weighted by atomic mass is 16.5. The van der Waals surface area contributed by atoms with Gasteiger partial charge in [-0.25, -0.2) is 0 Å². The summed E-state index contributed by atoms with van der Waals surface area (Å²) in [5, 5.41) is 17.5. The molecular weight excluding hydrogens is 448 g/mol. The lowest BCUT2D eigenvalue weighted by atomic mass is 9.72. The number of carbonyl (C=O) groups excluding carboxylic acids is 1. The van der Waals surface area contributed by atoms with E-state index in [1.807, 2.05) is 38.1 Å². The zero-order valence-electron chi connectivity index (χ0n) is 20.2. The minimum absolute atomic E-state index is 0.0563. The summed E-state index contributed by atoms with van der Waals surface area (Å²) in [6.07, 6.45) is 0.957. The van der Waals surface area contributed by atoms with Crippen LogP contribution in [-0.2, 0) is 4.79 Å². The highest BCUT2D eigenvalue weighted by Gasteiger charge is 2.41. The maximum absolute atomic E-state index is 13.7. The fourth-order valence-corrected chi connectivity index (χ4v) is 5.13. The molecule has 0 saturated heterocycles. The van der Waals surface area contributed by atoms with E-state index >= 15 is 0 Å². The molecule has 2 aromatic carbocycles. The Morgan fingerprint density at radius 1 is 1.06 bits per heavy atom. The van der Waals surface area contributed by atoms with Crippen molar-refractivity contribution in [1.82, 2.24) is 5.16 Å². The van der Waals surface area contributed by atoms with Gasteiger partial charge in [-0.1, -0.05) is 17.3 Å². The van der Waals surface area contributed by atoms with Crippen LogP contribution >= 0.6 is 0 Å². The number of benzene rings is 2. The van der Waals surface area contributed by atoms with Crippen LogP contribution < -0.4 is 19.5 Å². The van der Waals surface area contributed by atoms with Crippen LogP contribution in [0.15, 0.2) is 52.2 Å². The third-order valence-corrected chi connectivity index (χ3v) is 6.75. The molecule has 3 aromatic rings. The molecule has 2 atom stereocenters. The van der Waals surface area contributed by atoms with E-state index in [0.29, 0.717) is 42.6 Å². The van der Waals surface area contributed by atoms with Crippen LogP contribution in [0.1, 0.15) is 54.0 Å². The molecule has 0 saturated carbocycles. The summed E-state index contributed by atoms with van der Waals surface area (Å²) >= 11 is 0. The van der Waals surface area contributed by atoms with Crippen molar-refractivity contribution in [2.45, 2.75) is 38.5 Å². The number of phenolic OH excluding ortho intramolecular Hbond substituents is 1. The minimum atomic E-state index is -0.333. The zero-order valence-corrected chi connectivity index (χ0v) is 20.2. The van der Waals surface area contributed by atoms with Crippen molar-refractivity contribution < 1.29 is 28.6 Å².